The molecule has 0 fully saturated rings. The second kappa shape index (κ2) is 12.4. The van der Waals surface area contributed by atoms with Crippen molar-refractivity contribution in [1.82, 2.24) is 5.32 Å². The summed E-state index contributed by atoms with van der Waals surface area (Å²) >= 11 is 0. The van der Waals surface area contributed by atoms with Crippen LogP contribution in [0.1, 0.15) is 52.9 Å². The van der Waals surface area contributed by atoms with Crippen LogP contribution in [0.2, 0.25) is 0 Å². The van der Waals surface area contributed by atoms with Gasteiger partial charge >= 0.3 is 0 Å². The minimum atomic E-state index is 0.128. The predicted molar refractivity (Wildman–Crippen MR) is 80.0 cm³/mol. The zero-order chi connectivity index (χ0) is 14.5. The molecule has 0 aliphatic rings. The first-order chi connectivity index (χ1) is 9.10. The average Bonchev–Trinajstić information content (AvgIpc) is 2.38. The van der Waals surface area contributed by atoms with Crippen molar-refractivity contribution in [1.29, 1.82) is 0 Å². The van der Waals surface area contributed by atoms with Crippen LogP contribution in [-0.4, -0.2) is 32.2 Å². The van der Waals surface area contributed by atoms with Crippen LogP contribution in [0.15, 0.2) is 0 Å². The minimum absolute atomic E-state index is 0.128. The van der Waals surface area contributed by atoms with E-state index in [1.54, 1.807) is 0 Å². The molecule has 1 atom stereocenters. The Morgan fingerprint density at radius 3 is 2.53 bits per heavy atom. The predicted octanol–water partition coefficient (Wildman–Crippen LogP) is 2.32. The molecule has 0 rings (SSSR count). The molecule has 0 radical (unpaired) electrons. The van der Waals surface area contributed by atoms with Gasteiger partial charge in [0.05, 0.1) is 6.61 Å². The molecule has 1 unspecified atom stereocenters. The summed E-state index contributed by atoms with van der Waals surface area (Å²) in [7, 11) is 0. The number of carbonyl (C=O) groups excluding carboxylic acids is 1. The summed E-state index contributed by atoms with van der Waals surface area (Å²) in [5, 5.41) is 2.90. The maximum Gasteiger partial charge on any atom is 0.220 e. The van der Waals surface area contributed by atoms with E-state index in [1.807, 2.05) is 0 Å². The Hall–Kier alpha value is -0.610. The van der Waals surface area contributed by atoms with Crippen LogP contribution in [0.4, 0.5) is 0 Å². The summed E-state index contributed by atoms with van der Waals surface area (Å²) in [6.45, 7) is 9.23. The second-order valence-electron chi connectivity index (χ2n) is 5.54. The Bertz CT molecular complexity index is 220. The third-order valence-electron chi connectivity index (χ3n) is 3.34. The summed E-state index contributed by atoms with van der Waals surface area (Å²) in [6.07, 6.45) is 4.73. The van der Waals surface area contributed by atoms with Crippen LogP contribution in [0.3, 0.4) is 0 Å². The first kappa shape index (κ1) is 18.4. The van der Waals surface area contributed by atoms with Gasteiger partial charge in [-0.2, -0.15) is 0 Å². The summed E-state index contributed by atoms with van der Waals surface area (Å²) in [6, 6.07) is 0. The fourth-order valence-corrected chi connectivity index (χ4v) is 1.90. The van der Waals surface area contributed by atoms with Gasteiger partial charge < -0.3 is 15.8 Å². The number of rotatable bonds is 12. The lowest BCUT2D eigenvalue weighted by molar-refractivity contribution is -0.121. The van der Waals surface area contributed by atoms with Gasteiger partial charge in [-0.3, -0.25) is 4.79 Å². The highest BCUT2D eigenvalue weighted by Gasteiger charge is 2.08. The Morgan fingerprint density at radius 2 is 1.95 bits per heavy atom. The third-order valence-corrected chi connectivity index (χ3v) is 3.34. The van der Waals surface area contributed by atoms with E-state index in [-0.39, 0.29) is 5.91 Å². The van der Waals surface area contributed by atoms with Gasteiger partial charge in [0, 0.05) is 19.6 Å². The van der Waals surface area contributed by atoms with Gasteiger partial charge in [-0.1, -0.05) is 27.2 Å². The molecular weight excluding hydrogens is 240 g/mol. The van der Waals surface area contributed by atoms with E-state index in [2.05, 4.69) is 26.1 Å². The van der Waals surface area contributed by atoms with Crippen LogP contribution in [0.25, 0.3) is 0 Å². The maximum absolute atomic E-state index is 11.6. The van der Waals surface area contributed by atoms with E-state index in [0.717, 1.165) is 32.3 Å². The van der Waals surface area contributed by atoms with Crippen molar-refractivity contribution in [3.63, 3.8) is 0 Å². The Balaban J connectivity index is 3.43. The van der Waals surface area contributed by atoms with E-state index in [1.165, 1.54) is 0 Å². The zero-order valence-corrected chi connectivity index (χ0v) is 12.9. The maximum atomic E-state index is 11.6. The molecule has 0 aliphatic carbocycles. The van der Waals surface area contributed by atoms with Gasteiger partial charge in [0.2, 0.25) is 5.91 Å². The lowest BCUT2D eigenvalue weighted by Crippen LogP contribution is -2.27. The molecular formula is C15H32N2O2. The van der Waals surface area contributed by atoms with Crippen molar-refractivity contribution in [3.8, 4) is 0 Å². The van der Waals surface area contributed by atoms with E-state index >= 15 is 0 Å². The number of ether oxygens (including phenoxy) is 1. The first-order valence-electron chi connectivity index (χ1n) is 7.64. The van der Waals surface area contributed by atoms with Crippen LogP contribution in [0.5, 0.6) is 0 Å². The largest absolute Gasteiger partial charge is 0.380 e. The fourth-order valence-electron chi connectivity index (χ4n) is 1.90. The van der Waals surface area contributed by atoms with Gasteiger partial charge in [-0.15, -0.1) is 0 Å². The molecule has 19 heavy (non-hydrogen) atoms. The van der Waals surface area contributed by atoms with Crippen LogP contribution in [-0.2, 0) is 9.53 Å². The molecule has 1 amide bonds. The fraction of sp³-hybridized carbons (Fsp3) is 0.933. The molecule has 0 spiro atoms. The van der Waals surface area contributed by atoms with Crippen molar-refractivity contribution in [2.45, 2.75) is 52.9 Å². The summed E-state index contributed by atoms with van der Waals surface area (Å²) < 4.78 is 5.45. The average molecular weight is 272 g/mol. The molecule has 0 aromatic rings. The molecule has 4 heteroatoms. The molecule has 0 saturated carbocycles. The molecule has 4 nitrogen and oxygen atoms in total. The number of amides is 1. The van der Waals surface area contributed by atoms with Crippen molar-refractivity contribution < 1.29 is 9.53 Å². The highest BCUT2D eigenvalue weighted by Crippen LogP contribution is 2.14. The lowest BCUT2D eigenvalue weighted by Gasteiger charge is -2.13. The molecule has 3 N–H and O–H groups in total. The van der Waals surface area contributed by atoms with Crippen molar-refractivity contribution in [2.75, 3.05) is 26.3 Å². The molecule has 114 valence electrons. The van der Waals surface area contributed by atoms with Gasteiger partial charge in [-0.25, -0.2) is 0 Å². The quantitative estimate of drug-likeness (QED) is 0.536. The Morgan fingerprint density at radius 1 is 1.21 bits per heavy atom. The SMILES string of the molecule is CCC(CCN)CCC(=O)NCCOCCC(C)C. The highest BCUT2D eigenvalue weighted by molar-refractivity contribution is 5.75. The van der Waals surface area contributed by atoms with Crippen LogP contribution >= 0.6 is 0 Å². The standard InChI is InChI=1S/C15H32N2O2/c1-4-14(7-9-16)5-6-15(18)17-10-12-19-11-8-13(2)3/h13-14H,4-12,16H2,1-3H3,(H,17,18). The monoisotopic (exact) mass is 272 g/mol. The zero-order valence-electron chi connectivity index (χ0n) is 12.9. The smallest absolute Gasteiger partial charge is 0.220 e. The van der Waals surface area contributed by atoms with E-state index in [0.29, 0.717) is 38.0 Å². The number of carbonyl (C=O) groups is 1. The van der Waals surface area contributed by atoms with Crippen LogP contribution in [0, 0.1) is 11.8 Å². The lowest BCUT2D eigenvalue weighted by atomic mass is 9.96. The molecule has 0 bridgehead atoms. The highest BCUT2D eigenvalue weighted by atomic mass is 16.5. The molecule has 0 heterocycles. The number of nitrogens with two attached hydrogens (primary N) is 1. The number of nitrogens with one attached hydrogen (secondary N) is 1. The van der Waals surface area contributed by atoms with Crippen molar-refractivity contribution in [2.24, 2.45) is 17.6 Å². The number of hydrogen-bond donors (Lipinski definition) is 2. The molecule has 0 saturated heterocycles. The first-order valence-corrected chi connectivity index (χ1v) is 7.64. The summed E-state index contributed by atoms with van der Waals surface area (Å²) in [4.78, 5) is 11.6. The Kier molecular flexibility index (Phi) is 12.0. The normalized spacial score (nSPS) is 12.7. The van der Waals surface area contributed by atoms with E-state index in [9.17, 15) is 4.79 Å². The minimum Gasteiger partial charge on any atom is -0.380 e. The van der Waals surface area contributed by atoms with Crippen molar-refractivity contribution in [3.05, 3.63) is 0 Å². The molecule has 0 aliphatic heterocycles. The second-order valence-corrected chi connectivity index (χ2v) is 5.54. The van der Waals surface area contributed by atoms with Gasteiger partial charge in [0.25, 0.3) is 0 Å². The topological polar surface area (TPSA) is 64.4 Å². The summed E-state index contributed by atoms with van der Waals surface area (Å²) in [5.74, 6) is 1.38. The van der Waals surface area contributed by atoms with E-state index in [4.69, 9.17) is 10.5 Å². The molecule has 0 aromatic heterocycles. The molecule has 0 aromatic carbocycles. The number of hydrogen-bond acceptors (Lipinski definition) is 3. The van der Waals surface area contributed by atoms with Gasteiger partial charge in [0.15, 0.2) is 0 Å². The van der Waals surface area contributed by atoms with Crippen molar-refractivity contribution >= 4 is 5.91 Å². The van der Waals surface area contributed by atoms with Gasteiger partial charge in [0.1, 0.15) is 0 Å². The van der Waals surface area contributed by atoms with Gasteiger partial charge in [-0.05, 0) is 37.6 Å². The summed E-state index contributed by atoms with van der Waals surface area (Å²) in [5.41, 5.74) is 5.54. The van der Waals surface area contributed by atoms with E-state index < -0.39 is 0 Å². The Labute approximate surface area is 118 Å². The third kappa shape index (κ3) is 12.2. The van der Waals surface area contributed by atoms with Crippen LogP contribution < -0.4 is 11.1 Å².